The van der Waals surface area contributed by atoms with Crippen molar-refractivity contribution in [1.82, 2.24) is 0 Å². The first kappa shape index (κ1) is 16.3. The maximum Gasteiger partial charge on any atom is 0.189 e. The lowest BCUT2D eigenvalue weighted by molar-refractivity contribution is 0.0230. The van der Waals surface area contributed by atoms with E-state index in [2.05, 4.69) is 31.8 Å². The molecule has 0 N–H and O–H groups in total. The first-order valence-corrected chi connectivity index (χ1v) is 11.4. The Morgan fingerprint density at radius 3 is 2.57 bits per heavy atom. The van der Waals surface area contributed by atoms with Gasteiger partial charge in [-0.15, -0.1) is 0 Å². The van der Waals surface area contributed by atoms with Crippen molar-refractivity contribution in [3.63, 3.8) is 0 Å². The van der Waals surface area contributed by atoms with E-state index in [1.165, 1.54) is 0 Å². The fourth-order valence-electron chi connectivity index (χ4n) is 2.10. The maximum absolute atomic E-state index is 6.38. The van der Waals surface area contributed by atoms with E-state index in [0.29, 0.717) is 5.02 Å². The van der Waals surface area contributed by atoms with Gasteiger partial charge in [-0.25, -0.2) is 0 Å². The Morgan fingerprint density at radius 2 is 1.86 bits per heavy atom. The third-order valence-electron chi connectivity index (χ3n) is 3.41. The SMILES string of the molecule is Cc1cc2ccccc2c(OCOCC[Si](C)(C)C)c1Cl. The zero-order valence-corrected chi connectivity index (χ0v) is 15.0. The van der Waals surface area contributed by atoms with Crippen molar-refractivity contribution in [2.45, 2.75) is 32.6 Å². The summed E-state index contributed by atoms with van der Waals surface area (Å²) in [6, 6.07) is 11.3. The average Bonchev–Trinajstić information content (AvgIpc) is 2.41. The molecular formula is C17H23ClO2Si. The minimum absolute atomic E-state index is 0.248. The van der Waals surface area contributed by atoms with Crippen LogP contribution in [0.5, 0.6) is 5.75 Å². The quantitative estimate of drug-likeness (QED) is 0.397. The summed E-state index contributed by atoms with van der Waals surface area (Å²) in [5.41, 5.74) is 1.02. The predicted molar refractivity (Wildman–Crippen MR) is 93.3 cm³/mol. The van der Waals surface area contributed by atoms with E-state index in [-0.39, 0.29) is 6.79 Å². The van der Waals surface area contributed by atoms with Crippen LogP contribution in [0.3, 0.4) is 0 Å². The standard InChI is InChI=1S/C17H23ClO2Si/c1-13-11-14-7-5-6-8-15(14)17(16(13)18)20-12-19-9-10-21(2,3)4/h5-8,11H,9-10,12H2,1-4H3. The summed E-state index contributed by atoms with van der Waals surface area (Å²) in [5.74, 6) is 0.722. The molecule has 0 amide bonds. The normalized spacial score (nSPS) is 11.9. The summed E-state index contributed by atoms with van der Waals surface area (Å²) < 4.78 is 11.4. The highest BCUT2D eigenvalue weighted by Gasteiger charge is 2.13. The Bertz CT molecular complexity index is 620. The zero-order chi connectivity index (χ0) is 15.5. The molecule has 21 heavy (non-hydrogen) atoms. The van der Waals surface area contributed by atoms with Crippen molar-refractivity contribution >= 4 is 30.4 Å². The molecule has 0 bridgehead atoms. The molecule has 0 aromatic heterocycles. The van der Waals surface area contributed by atoms with Crippen LogP contribution in [0.25, 0.3) is 10.8 Å². The third-order valence-corrected chi connectivity index (χ3v) is 5.58. The highest BCUT2D eigenvalue weighted by Crippen LogP contribution is 2.36. The Hall–Kier alpha value is -1.03. The molecule has 2 nitrogen and oxygen atoms in total. The van der Waals surface area contributed by atoms with Gasteiger partial charge in [0.15, 0.2) is 6.79 Å². The minimum atomic E-state index is -1.06. The summed E-state index contributed by atoms with van der Waals surface area (Å²) in [7, 11) is -1.06. The molecule has 0 aliphatic heterocycles. The maximum atomic E-state index is 6.38. The smallest absolute Gasteiger partial charge is 0.189 e. The van der Waals surface area contributed by atoms with E-state index >= 15 is 0 Å². The van der Waals surface area contributed by atoms with Crippen molar-refractivity contribution in [3.05, 3.63) is 40.9 Å². The van der Waals surface area contributed by atoms with Gasteiger partial charge < -0.3 is 9.47 Å². The van der Waals surface area contributed by atoms with Crippen molar-refractivity contribution in [2.75, 3.05) is 13.4 Å². The fourth-order valence-corrected chi connectivity index (χ4v) is 3.07. The number of rotatable bonds is 6. The van der Waals surface area contributed by atoms with Crippen LogP contribution in [0.4, 0.5) is 0 Å². The van der Waals surface area contributed by atoms with E-state index in [9.17, 15) is 0 Å². The molecule has 4 heteroatoms. The van der Waals surface area contributed by atoms with Gasteiger partial charge in [0.25, 0.3) is 0 Å². The zero-order valence-electron chi connectivity index (χ0n) is 13.2. The molecule has 0 spiro atoms. The minimum Gasteiger partial charge on any atom is -0.465 e. The van der Waals surface area contributed by atoms with Crippen LogP contribution in [0.1, 0.15) is 5.56 Å². The van der Waals surface area contributed by atoms with Crippen LogP contribution in [0.15, 0.2) is 30.3 Å². The highest BCUT2D eigenvalue weighted by molar-refractivity contribution is 6.76. The van der Waals surface area contributed by atoms with Crippen molar-refractivity contribution in [1.29, 1.82) is 0 Å². The Balaban J connectivity index is 2.06. The number of hydrogen-bond donors (Lipinski definition) is 0. The molecule has 114 valence electrons. The molecular weight excluding hydrogens is 300 g/mol. The number of fused-ring (bicyclic) bond motifs is 1. The Labute approximate surface area is 133 Å². The monoisotopic (exact) mass is 322 g/mol. The lowest BCUT2D eigenvalue weighted by atomic mass is 10.1. The van der Waals surface area contributed by atoms with Gasteiger partial charge in [-0.2, -0.15) is 0 Å². The van der Waals surface area contributed by atoms with Crippen LogP contribution in [0, 0.1) is 6.92 Å². The molecule has 2 aromatic rings. The number of hydrogen-bond acceptors (Lipinski definition) is 2. The first-order chi connectivity index (χ1) is 9.88. The number of halogens is 1. The van der Waals surface area contributed by atoms with Crippen molar-refractivity contribution in [3.8, 4) is 5.75 Å². The van der Waals surface area contributed by atoms with Gasteiger partial charge in [-0.1, -0.05) is 55.5 Å². The molecule has 0 saturated heterocycles. The van der Waals surface area contributed by atoms with Crippen molar-refractivity contribution < 1.29 is 9.47 Å². The topological polar surface area (TPSA) is 18.5 Å². The summed E-state index contributed by atoms with van der Waals surface area (Å²) >= 11 is 6.38. The molecule has 0 unspecified atom stereocenters. The van der Waals surface area contributed by atoms with E-state index in [0.717, 1.165) is 34.7 Å². The number of aryl methyl sites for hydroxylation is 1. The first-order valence-electron chi connectivity index (χ1n) is 7.27. The number of ether oxygens (including phenoxy) is 2. The molecule has 0 fully saturated rings. The molecule has 0 saturated carbocycles. The largest absolute Gasteiger partial charge is 0.465 e. The number of benzene rings is 2. The molecule has 0 radical (unpaired) electrons. The van der Waals surface area contributed by atoms with Crippen LogP contribution >= 0.6 is 11.6 Å². The van der Waals surface area contributed by atoms with E-state index in [4.69, 9.17) is 21.1 Å². The lowest BCUT2D eigenvalue weighted by Crippen LogP contribution is -2.22. The second kappa shape index (κ2) is 6.82. The molecule has 0 aliphatic carbocycles. The summed E-state index contributed by atoms with van der Waals surface area (Å²) in [6.07, 6.45) is 0. The van der Waals surface area contributed by atoms with Crippen LogP contribution < -0.4 is 4.74 Å². The molecule has 2 aromatic carbocycles. The second-order valence-corrected chi connectivity index (χ2v) is 12.5. The summed E-state index contributed by atoms with van der Waals surface area (Å²) in [6.45, 7) is 9.99. The van der Waals surface area contributed by atoms with Gasteiger partial charge >= 0.3 is 0 Å². The van der Waals surface area contributed by atoms with Crippen molar-refractivity contribution in [2.24, 2.45) is 0 Å². The van der Waals surface area contributed by atoms with Gasteiger partial charge in [0.1, 0.15) is 5.75 Å². The van der Waals surface area contributed by atoms with E-state index in [1.54, 1.807) is 0 Å². The Morgan fingerprint density at radius 1 is 1.14 bits per heavy atom. The Kier molecular flexibility index (Phi) is 5.30. The molecule has 0 heterocycles. The average molecular weight is 323 g/mol. The fraction of sp³-hybridized carbons (Fsp3) is 0.412. The highest BCUT2D eigenvalue weighted by atomic mass is 35.5. The van der Waals surface area contributed by atoms with Gasteiger partial charge in [-0.3, -0.25) is 0 Å². The molecule has 0 aliphatic rings. The van der Waals surface area contributed by atoms with E-state index < -0.39 is 8.07 Å². The second-order valence-electron chi connectivity index (χ2n) is 6.54. The van der Waals surface area contributed by atoms with Gasteiger partial charge in [-0.05, 0) is 30.0 Å². The summed E-state index contributed by atoms with van der Waals surface area (Å²) in [4.78, 5) is 0. The van der Waals surface area contributed by atoms with Gasteiger partial charge in [0.05, 0.1) is 5.02 Å². The molecule has 0 atom stereocenters. The molecule has 2 rings (SSSR count). The summed E-state index contributed by atoms with van der Waals surface area (Å²) in [5, 5.41) is 2.83. The predicted octanol–water partition coefficient (Wildman–Crippen LogP) is 5.49. The van der Waals surface area contributed by atoms with Gasteiger partial charge in [0, 0.05) is 20.1 Å². The van der Waals surface area contributed by atoms with Crippen LogP contribution in [-0.2, 0) is 4.74 Å². The third kappa shape index (κ3) is 4.47. The van der Waals surface area contributed by atoms with Crippen LogP contribution in [-0.4, -0.2) is 21.5 Å². The van der Waals surface area contributed by atoms with Gasteiger partial charge in [0.2, 0.25) is 0 Å². The van der Waals surface area contributed by atoms with Crippen LogP contribution in [0.2, 0.25) is 30.7 Å². The van der Waals surface area contributed by atoms with E-state index in [1.807, 2.05) is 25.1 Å². The lowest BCUT2D eigenvalue weighted by Gasteiger charge is -2.16.